The molecule has 5 nitrogen and oxygen atoms in total. The first-order valence-corrected chi connectivity index (χ1v) is 6.82. The van der Waals surface area contributed by atoms with Crippen molar-refractivity contribution in [3.8, 4) is 0 Å². The molecule has 0 aromatic heterocycles. The van der Waals surface area contributed by atoms with E-state index in [-0.39, 0.29) is 19.0 Å². The van der Waals surface area contributed by atoms with E-state index in [9.17, 15) is 4.57 Å². The molecule has 0 saturated heterocycles. The zero-order valence-electron chi connectivity index (χ0n) is 8.87. The van der Waals surface area contributed by atoms with Gasteiger partial charge in [-0.15, -0.1) is 0 Å². The maximum absolute atomic E-state index is 11.9. The highest BCUT2D eigenvalue weighted by Crippen LogP contribution is 2.43. The van der Waals surface area contributed by atoms with Crippen LogP contribution < -0.4 is 5.09 Å². The molecule has 0 unspecified atom stereocenters. The van der Waals surface area contributed by atoms with Gasteiger partial charge in [0.15, 0.2) is 4.84 Å². The van der Waals surface area contributed by atoms with Crippen molar-refractivity contribution in [3.63, 3.8) is 0 Å². The molecule has 0 radical (unpaired) electrons. The van der Waals surface area contributed by atoms with Crippen LogP contribution in [0.3, 0.4) is 0 Å². The van der Waals surface area contributed by atoms with E-state index in [1.807, 2.05) is 0 Å². The Bertz CT molecular complexity index is 251. The zero-order chi connectivity index (χ0) is 11.9. The number of hydrogen-bond acceptors (Lipinski definition) is 4. The van der Waals surface area contributed by atoms with Gasteiger partial charge in [0.2, 0.25) is 0 Å². The number of aliphatic imine (C=N–C) groups is 1. The summed E-state index contributed by atoms with van der Waals surface area (Å²) in [5.41, 5.74) is 0. The lowest BCUT2D eigenvalue weighted by atomic mass is 10.7. The summed E-state index contributed by atoms with van der Waals surface area (Å²) in [4.78, 5) is 2.85. The van der Waals surface area contributed by atoms with Gasteiger partial charge in [0.1, 0.15) is 5.84 Å². The summed E-state index contributed by atoms with van der Waals surface area (Å²) in [6.07, 6.45) is 0. The van der Waals surface area contributed by atoms with Crippen molar-refractivity contribution in [2.75, 3.05) is 20.3 Å². The quantitative estimate of drug-likeness (QED) is 0.351. The summed E-state index contributed by atoms with van der Waals surface area (Å²) in [6.45, 7) is 3.90. The number of nitrogens with zero attached hydrogens (tertiary/aromatic N) is 1. The number of amidine groups is 1. The van der Waals surface area contributed by atoms with Crippen molar-refractivity contribution in [1.82, 2.24) is 5.09 Å². The third-order valence-electron chi connectivity index (χ3n) is 1.30. The van der Waals surface area contributed by atoms with E-state index in [4.69, 9.17) is 32.2 Å². The van der Waals surface area contributed by atoms with Gasteiger partial charge in [0.05, 0.1) is 13.2 Å². The normalized spacial score (nSPS) is 13.3. The van der Waals surface area contributed by atoms with Crippen LogP contribution >= 0.6 is 30.9 Å². The molecule has 0 aliphatic heterocycles. The van der Waals surface area contributed by atoms with Gasteiger partial charge < -0.3 is 0 Å². The third kappa shape index (κ3) is 5.73. The lowest BCUT2D eigenvalue weighted by Crippen LogP contribution is -2.28. The highest BCUT2D eigenvalue weighted by molar-refractivity contribution is 7.52. The van der Waals surface area contributed by atoms with Crippen molar-refractivity contribution < 1.29 is 13.6 Å². The van der Waals surface area contributed by atoms with Gasteiger partial charge >= 0.3 is 7.75 Å². The monoisotopic (exact) mass is 276 g/mol. The van der Waals surface area contributed by atoms with Gasteiger partial charge in [0.25, 0.3) is 0 Å². The van der Waals surface area contributed by atoms with Gasteiger partial charge in [0, 0.05) is 7.05 Å². The lowest BCUT2D eigenvalue weighted by Gasteiger charge is -2.19. The number of halogens is 2. The molecule has 0 bridgehead atoms. The van der Waals surface area contributed by atoms with E-state index in [0.717, 1.165) is 0 Å². The average molecular weight is 277 g/mol. The standard InChI is InChI=1S/C7H15Cl2N2O3P/c1-4-13-15(12,14-5-2)11-7(10-3)6(8)9/h6H,4-5H2,1-3H3,(H,10,11,12). The molecule has 15 heavy (non-hydrogen) atoms. The van der Waals surface area contributed by atoms with Gasteiger partial charge in [-0.05, 0) is 13.8 Å². The van der Waals surface area contributed by atoms with Crippen molar-refractivity contribution >= 4 is 36.8 Å². The first-order valence-electron chi connectivity index (χ1n) is 4.41. The van der Waals surface area contributed by atoms with Crippen molar-refractivity contribution in [1.29, 1.82) is 0 Å². The van der Waals surface area contributed by atoms with E-state index < -0.39 is 12.6 Å². The Labute approximate surface area is 99.7 Å². The summed E-state index contributed by atoms with van der Waals surface area (Å²) >= 11 is 11.2. The average Bonchev–Trinajstić information content (AvgIpc) is 2.14. The first-order chi connectivity index (χ1) is 6.99. The largest absolute Gasteiger partial charge is 0.433 e. The fraction of sp³-hybridized carbons (Fsp3) is 0.857. The fourth-order valence-corrected chi connectivity index (χ4v) is 2.63. The maximum Gasteiger partial charge on any atom is 0.433 e. The Morgan fingerprint density at radius 1 is 1.40 bits per heavy atom. The predicted molar refractivity (Wildman–Crippen MR) is 62.8 cm³/mol. The molecular formula is C7H15Cl2N2O3P. The SMILES string of the molecule is CCOP(=O)(NC(=NC)C(Cl)Cl)OCC. The fourth-order valence-electron chi connectivity index (χ4n) is 0.778. The molecule has 0 aliphatic carbocycles. The van der Waals surface area contributed by atoms with Crippen molar-refractivity contribution in [2.45, 2.75) is 18.7 Å². The number of nitrogens with one attached hydrogen (secondary N) is 1. The molecule has 0 aromatic carbocycles. The van der Waals surface area contributed by atoms with E-state index in [1.165, 1.54) is 7.05 Å². The summed E-state index contributed by atoms with van der Waals surface area (Å²) in [7, 11) is -1.92. The van der Waals surface area contributed by atoms with Crippen LogP contribution in [0.2, 0.25) is 0 Å². The Morgan fingerprint density at radius 2 is 1.87 bits per heavy atom. The third-order valence-corrected chi connectivity index (χ3v) is 3.41. The van der Waals surface area contributed by atoms with Gasteiger partial charge in [-0.1, -0.05) is 23.2 Å². The molecule has 0 atom stereocenters. The summed E-state index contributed by atoms with van der Waals surface area (Å²) < 4.78 is 21.9. The smallest absolute Gasteiger partial charge is 0.293 e. The minimum absolute atomic E-state index is 0.156. The van der Waals surface area contributed by atoms with E-state index >= 15 is 0 Å². The zero-order valence-corrected chi connectivity index (χ0v) is 11.3. The van der Waals surface area contributed by atoms with Gasteiger partial charge in [-0.25, -0.2) is 4.57 Å². The first kappa shape index (κ1) is 15.2. The summed E-state index contributed by atoms with van der Waals surface area (Å²) in [5, 5.41) is 2.48. The lowest BCUT2D eigenvalue weighted by molar-refractivity contribution is 0.216. The Morgan fingerprint density at radius 3 is 2.13 bits per heavy atom. The van der Waals surface area contributed by atoms with Crippen LogP contribution in [-0.2, 0) is 13.6 Å². The summed E-state index contributed by atoms with van der Waals surface area (Å²) in [6, 6.07) is 0. The Balaban J connectivity index is 4.59. The van der Waals surface area contributed by atoms with Crippen LogP contribution in [0.4, 0.5) is 0 Å². The number of rotatable bonds is 6. The topological polar surface area (TPSA) is 59.9 Å². The molecule has 0 fully saturated rings. The Kier molecular flexibility index (Phi) is 7.57. The molecule has 0 aromatic rings. The van der Waals surface area contributed by atoms with E-state index in [2.05, 4.69) is 10.1 Å². The molecule has 90 valence electrons. The van der Waals surface area contributed by atoms with Crippen LogP contribution in [0, 0.1) is 0 Å². The second kappa shape index (κ2) is 7.47. The minimum Gasteiger partial charge on any atom is -0.293 e. The predicted octanol–water partition coefficient (Wildman–Crippen LogP) is 2.59. The highest BCUT2D eigenvalue weighted by Gasteiger charge is 2.27. The van der Waals surface area contributed by atoms with Crippen molar-refractivity contribution in [3.05, 3.63) is 0 Å². The van der Waals surface area contributed by atoms with E-state index in [0.29, 0.717) is 0 Å². The van der Waals surface area contributed by atoms with Crippen LogP contribution in [0.25, 0.3) is 0 Å². The van der Waals surface area contributed by atoms with Crippen LogP contribution in [0.1, 0.15) is 13.8 Å². The second-order valence-electron chi connectivity index (χ2n) is 2.35. The number of alkyl halides is 2. The van der Waals surface area contributed by atoms with Crippen LogP contribution in [-0.4, -0.2) is 30.9 Å². The molecule has 0 saturated carbocycles. The highest BCUT2D eigenvalue weighted by atomic mass is 35.5. The summed E-state index contributed by atoms with van der Waals surface area (Å²) in [5.74, 6) is 0.156. The molecule has 1 N–H and O–H groups in total. The molecule has 0 heterocycles. The van der Waals surface area contributed by atoms with Crippen molar-refractivity contribution in [2.24, 2.45) is 4.99 Å². The molecule has 0 amide bonds. The molecule has 0 aliphatic rings. The van der Waals surface area contributed by atoms with Crippen LogP contribution in [0.5, 0.6) is 0 Å². The van der Waals surface area contributed by atoms with E-state index in [1.54, 1.807) is 13.8 Å². The second-order valence-corrected chi connectivity index (χ2v) is 5.19. The number of hydrogen-bond donors (Lipinski definition) is 1. The molecule has 8 heteroatoms. The molecule has 0 spiro atoms. The minimum atomic E-state index is -3.40. The van der Waals surface area contributed by atoms with Crippen LogP contribution in [0.15, 0.2) is 4.99 Å². The Hall–Kier alpha value is 0.200. The maximum atomic E-state index is 11.9. The molecule has 0 rings (SSSR count). The van der Waals surface area contributed by atoms with Gasteiger partial charge in [-0.3, -0.25) is 19.1 Å². The molecular weight excluding hydrogens is 262 g/mol. The van der Waals surface area contributed by atoms with Gasteiger partial charge in [-0.2, -0.15) is 0 Å².